The Balaban J connectivity index is 2.00. The normalized spacial score (nSPS) is 40.0. The highest BCUT2D eigenvalue weighted by molar-refractivity contribution is 6.74. The van der Waals surface area contributed by atoms with Crippen LogP contribution in [0.3, 0.4) is 0 Å². The fraction of sp³-hybridized carbons (Fsp3) is 0.750. The summed E-state index contributed by atoms with van der Waals surface area (Å²) in [5.74, 6) is 0.736. The zero-order valence-electron chi connectivity index (χ0n) is 20.5. The van der Waals surface area contributed by atoms with Crippen molar-refractivity contribution in [2.75, 3.05) is 21.2 Å². The number of amides is 2. The zero-order chi connectivity index (χ0) is 23.2. The molecule has 0 aromatic rings. The van der Waals surface area contributed by atoms with Crippen LogP contribution in [-0.4, -0.2) is 68.8 Å². The first-order chi connectivity index (χ1) is 14.2. The van der Waals surface area contributed by atoms with Gasteiger partial charge < -0.3 is 19.0 Å². The molecule has 172 valence electrons. The van der Waals surface area contributed by atoms with Crippen LogP contribution < -0.4 is 0 Å². The summed E-state index contributed by atoms with van der Waals surface area (Å²) in [6, 6.07) is -0.388. The highest BCUT2D eigenvalue weighted by Crippen LogP contribution is 2.62. The summed E-state index contributed by atoms with van der Waals surface area (Å²) < 4.78 is 12.9. The molecular formula is C24H38N2O4Si. The van der Waals surface area contributed by atoms with Crippen molar-refractivity contribution >= 4 is 20.1 Å². The van der Waals surface area contributed by atoms with Crippen LogP contribution in [0, 0.1) is 10.8 Å². The van der Waals surface area contributed by atoms with Crippen LogP contribution in [0.5, 0.6) is 0 Å². The van der Waals surface area contributed by atoms with E-state index in [-0.39, 0.29) is 29.0 Å². The molecule has 5 atom stereocenters. The van der Waals surface area contributed by atoms with Gasteiger partial charge in [0.1, 0.15) is 16.6 Å². The van der Waals surface area contributed by atoms with Crippen LogP contribution in [0.15, 0.2) is 24.0 Å². The Morgan fingerprint density at radius 3 is 2.39 bits per heavy atom. The molecule has 1 saturated carbocycles. The van der Waals surface area contributed by atoms with Crippen molar-refractivity contribution in [1.82, 2.24) is 9.80 Å². The molecule has 0 aromatic carbocycles. The minimum atomic E-state index is -2.17. The Hall–Kier alpha value is -1.60. The first kappa shape index (κ1) is 22.6. The molecule has 0 radical (unpaired) electrons. The summed E-state index contributed by atoms with van der Waals surface area (Å²) in [5, 5.41) is 0.0200. The number of carbonyl (C=O) groups is 2. The minimum absolute atomic E-state index is 0.0119. The van der Waals surface area contributed by atoms with Gasteiger partial charge in [-0.3, -0.25) is 9.59 Å². The van der Waals surface area contributed by atoms with Crippen molar-refractivity contribution in [1.29, 1.82) is 0 Å². The monoisotopic (exact) mass is 446 g/mol. The summed E-state index contributed by atoms with van der Waals surface area (Å²) in [7, 11) is 3.16. The van der Waals surface area contributed by atoms with E-state index in [0.29, 0.717) is 12.2 Å². The molecule has 7 heteroatoms. The van der Waals surface area contributed by atoms with Crippen LogP contribution in [0.1, 0.15) is 47.0 Å². The first-order valence-electron chi connectivity index (χ1n) is 11.4. The van der Waals surface area contributed by atoms with Crippen LogP contribution in [0.4, 0.5) is 0 Å². The Labute approximate surface area is 187 Å². The number of rotatable bonds is 3. The molecule has 0 aromatic heterocycles. The minimum Gasteiger partial charge on any atom is -0.500 e. The highest BCUT2D eigenvalue weighted by atomic mass is 28.4. The zero-order valence-corrected chi connectivity index (χ0v) is 21.5. The van der Waals surface area contributed by atoms with Crippen molar-refractivity contribution in [3.05, 3.63) is 24.0 Å². The van der Waals surface area contributed by atoms with E-state index in [1.54, 1.807) is 12.0 Å². The fourth-order valence-corrected chi connectivity index (χ4v) is 7.62. The molecule has 2 unspecified atom stereocenters. The van der Waals surface area contributed by atoms with Crippen LogP contribution >= 0.6 is 0 Å². The topological polar surface area (TPSA) is 59.1 Å². The third-order valence-electron chi connectivity index (χ3n) is 9.17. The molecule has 5 aliphatic heterocycles. The largest absolute Gasteiger partial charge is 0.500 e. The standard InChI is InChI=1S/C24H38N2O4Si/c1-21(2,3)31(8,9)30-17-11-10-13-23-15-18(29-7)22(4,19(27)26(23)6)16-12-14-24(17,23)20(28)25(16)5/h12,14-17H,10-11,13H2,1-9H3/t16?,17-,22?,23-,24-/m1/s1. The maximum absolute atomic E-state index is 14.2. The van der Waals surface area contributed by atoms with Gasteiger partial charge in [0.2, 0.25) is 11.8 Å². The molecule has 2 spiro atoms. The van der Waals surface area contributed by atoms with Crippen molar-refractivity contribution in [3.63, 3.8) is 0 Å². The molecular weight excluding hydrogens is 408 g/mol. The van der Waals surface area contributed by atoms with Gasteiger partial charge in [0.25, 0.3) is 0 Å². The molecule has 4 bridgehead atoms. The van der Waals surface area contributed by atoms with Crippen LogP contribution in [0.25, 0.3) is 0 Å². The molecule has 2 aliphatic carbocycles. The number of nitrogens with zero attached hydrogens (tertiary/aromatic N) is 2. The third-order valence-corrected chi connectivity index (χ3v) is 13.7. The van der Waals surface area contributed by atoms with Gasteiger partial charge in [0.05, 0.1) is 24.8 Å². The van der Waals surface area contributed by atoms with Crippen molar-refractivity contribution in [3.8, 4) is 0 Å². The number of carbonyl (C=O) groups excluding carboxylic acids is 2. The van der Waals surface area contributed by atoms with Gasteiger partial charge in [-0.2, -0.15) is 0 Å². The fourth-order valence-electron chi connectivity index (χ4n) is 6.25. The molecule has 2 fully saturated rings. The number of hydrogen-bond donors (Lipinski definition) is 0. The smallest absolute Gasteiger partial charge is 0.239 e. The molecule has 5 heterocycles. The number of likely N-dealkylation sites (N-methyl/N-ethyl adjacent to an activating group) is 2. The second-order valence-corrected chi connectivity index (χ2v) is 16.3. The lowest BCUT2D eigenvalue weighted by molar-refractivity contribution is -0.186. The summed E-state index contributed by atoms with van der Waals surface area (Å²) in [5.41, 5.74) is -2.69. The Morgan fingerprint density at radius 2 is 1.81 bits per heavy atom. The molecule has 0 N–H and O–H groups in total. The predicted molar refractivity (Wildman–Crippen MR) is 123 cm³/mol. The molecule has 31 heavy (non-hydrogen) atoms. The maximum atomic E-state index is 14.2. The lowest BCUT2D eigenvalue weighted by Gasteiger charge is -2.66. The molecule has 1 saturated heterocycles. The van der Waals surface area contributed by atoms with Gasteiger partial charge in [-0.1, -0.05) is 32.9 Å². The summed E-state index contributed by atoms with van der Waals surface area (Å²) in [6.07, 6.45) is 8.37. The average molecular weight is 447 g/mol. The van der Waals surface area contributed by atoms with E-state index in [0.717, 1.165) is 12.8 Å². The van der Waals surface area contributed by atoms with Gasteiger partial charge in [-0.25, -0.2) is 0 Å². The lowest BCUT2D eigenvalue weighted by atomic mass is 9.51. The second kappa shape index (κ2) is 6.47. The van der Waals surface area contributed by atoms with E-state index in [1.165, 1.54) is 0 Å². The number of hydrogen-bond acceptors (Lipinski definition) is 4. The van der Waals surface area contributed by atoms with Gasteiger partial charge >= 0.3 is 0 Å². The van der Waals surface area contributed by atoms with Crippen molar-refractivity contribution in [2.45, 2.75) is 82.8 Å². The first-order valence-corrected chi connectivity index (χ1v) is 14.3. The van der Waals surface area contributed by atoms with Crippen molar-refractivity contribution in [2.24, 2.45) is 10.8 Å². The van der Waals surface area contributed by atoms with E-state index in [4.69, 9.17) is 9.16 Å². The molecule has 6 nitrogen and oxygen atoms in total. The quantitative estimate of drug-likeness (QED) is 0.490. The maximum Gasteiger partial charge on any atom is 0.239 e. The number of methoxy groups -OCH3 is 1. The Bertz CT molecular complexity index is 891. The lowest BCUT2D eigenvalue weighted by Crippen LogP contribution is -2.79. The SMILES string of the molecule is COC1=C[C@]23CCC[C@@H](O[Si](C)(C)C(C)(C)C)[C@@]24C=CC(N(C)C4=O)C1(C)C(=O)N3C. The molecule has 7 rings (SSSR count). The summed E-state index contributed by atoms with van der Waals surface area (Å²) in [6.45, 7) is 13.0. The van der Waals surface area contributed by atoms with E-state index < -0.39 is 24.7 Å². The van der Waals surface area contributed by atoms with Gasteiger partial charge in [0.15, 0.2) is 8.32 Å². The van der Waals surface area contributed by atoms with Gasteiger partial charge in [-0.05, 0) is 50.4 Å². The summed E-state index contributed by atoms with van der Waals surface area (Å²) >= 11 is 0. The summed E-state index contributed by atoms with van der Waals surface area (Å²) in [4.78, 5) is 31.8. The highest BCUT2D eigenvalue weighted by Gasteiger charge is 2.73. The van der Waals surface area contributed by atoms with Gasteiger partial charge in [-0.15, -0.1) is 0 Å². The molecule has 2 amide bonds. The van der Waals surface area contributed by atoms with E-state index in [1.807, 2.05) is 25.9 Å². The van der Waals surface area contributed by atoms with E-state index in [9.17, 15) is 9.59 Å². The Morgan fingerprint density at radius 1 is 1.16 bits per heavy atom. The van der Waals surface area contributed by atoms with Gasteiger partial charge in [0, 0.05) is 14.1 Å². The Kier molecular flexibility index (Phi) is 4.71. The second-order valence-electron chi connectivity index (χ2n) is 11.6. The predicted octanol–water partition coefficient (Wildman–Crippen LogP) is 3.70. The van der Waals surface area contributed by atoms with E-state index >= 15 is 0 Å². The van der Waals surface area contributed by atoms with Crippen LogP contribution in [-0.2, 0) is 18.8 Å². The number of ether oxygens (including phenoxy) is 1. The van der Waals surface area contributed by atoms with Crippen LogP contribution in [0.2, 0.25) is 18.1 Å². The molecule has 7 aliphatic rings. The van der Waals surface area contributed by atoms with Crippen molar-refractivity contribution < 1.29 is 18.8 Å². The van der Waals surface area contributed by atoms with E-state index in [2.05, 4.69) is 52.1 Å². The average Bonchev–Trinajstić information content (AvgIpc) is 2.67. The third kappa shape index (κ3) is 2.48.